The first-order chi connectivity index (χ1) is 9.11. The van der Waals surface area contributed by atoms with E-state index in [1.807, 2.05) is 0 Å². The summed E-state index contributed by atoms with van der Waals surface area (Å²) in [5.74, 6) is -0.794. The van der Waals surface area contributed by atoms with E-state index in [0.29, 0.717) is 18.4 Å². The van der Waals surface area contributed by atoms with Gasteiger partial charge in [-0.3, -0.25) is 0 Å². The third-order valence-electron chi connectivity index (χ3n) is 3.83. The van der Waals surface area contributed by atoms with Crippen molar-refractivity contribution in [3.05, 3.63) is 29.3 Å². The molecule has 0 amide bonds. The molecule has 0 heterocycles. The fourth-order valence-corrected chi connectivity index (χ4v) is 2.77. The van der Waals surface area contributed by atoms with Crippen molar-refractivity contribution in [1.82, 2.24) is 0 Å². The standard InChI is InChI=1S/C15H18F2N2/c1-10-3-2-4-11(7-10)9-19-13-6-5-12(8-18)14(16)15(13)17/h5-6,10-11,19H,2-4,7,9H2,1H3. The summed E-state index contributed by atoms with van der Waals surface area (Å²) < 4.78 is 27.1. The summed E-state index contributed by atoms with van der Waals surface area (Å²) in [5, 5.41) is 11.6. The normalized spacial score (nSPS) is 22.8. The average molecular weight is 264 g/mol. The van der Waals surface area contributed by atoms with E-state index >= 15 is 0 Å². The van der Waals surface area contributed by atoms with Crippen LogP contribution in [0.2, 0.25) is 0 Å². The molecule has 2 rings (SSSR count). The zero-order valence-corrected chi connectivity index (χ0v) is 11.0. The maximum Gasteiger partial charge on any atom is 0.183 e. The van der Waals surface area contributed by atoms with Crippen molar-refractivity contribution >= 4 is 5.69 Å². The van der Waals surface area contributed by atoms with E-state index in [9.17, 15) is 8.78 Å². The SMILES string of the molecule is CC1CCCC(CNc2ccc(C#N)c(F)c2F)C1. The Morgan fingerprint density at radius 1 is 1.32 bits per heavy atom. The molecule has 2 nitrogen and oxygen atoms in total. The predicted octanol–water partition coefficient (Wildman–Crippen LogP) is 4.07. The predicted molar refractivity (Wildman–Crippen MR) is 70.7 cm³/mol. The quantitative estimate of drug-likeness (QED) is 0.893. The van der Waals surface area contributed by atoms with E-state index in [4.69, 9.17) is 5.26 Å². The molecule has 1 saturated carbocycles. The number of nitrogens with one attached hydrogen (secondary N) is 1. The Hall–Kier alpha value is -1.63. The lowest BCUT2D eigenvalue weighted by atomic mass is 9.82. The zero-order valence-electron chi connectivity index (χ0n) is 11.0. The van der Waals surface area contributed by atoms with E-state index in [1.54, 1.807) is 6.07 Å². The van der Waals surface area contributed by atoms with Gasteiger partial charge in [0.15, 0.2) is 11.6 Å². The maximum atomic E-state index is 13.7. The van der Waals surface area contributed by atoms with E-state index in [0.717, 1.165) is 12.8 Å². The van der Waals surface area contributed by atoms with Gasteiger partial charge in [0.2, 0.25) is 0 Å². The van der Waals surface area contributed by atoms with Gasteiger partial charge in [-0.15, -0.1) is 0 Å². The molecule has 0 aromatic heterocycles. The molecule has 1 aromatic rings. The van der Waals surface area contributed by atoms with Crippen molar-refractivity contribution in [1.29, 1.82) is 5.26 Å². The summed E-state index contributed by atoms with van der Waals surface area (Å²) >= 11 is 0. The number of hydrogen-bond donors (Lipinski definition) is 1. The van der Waals surface area contributed by atoms with Crippen LogP contribution in [0.1, 0.15) is 38.2 Å². The van der Waals surface area contributed by atoms with Crippen LogP contribution in [0.15, 0.2) is 12.1 Å². The van der Waals surface area contributed by atoms with Gasteiger partial charge in [0.05, 0.1) is 11.3 Å². The molecule has 1 aliphatic carbocycles. The highest BCUT2D eigenvalue weighted by Gasteiger charge is 2.19. The van der Waals surface area contributed by atoms with Gasteiger partial charge in [-0.2, -0.15) is 5.26 Å². The van der Waals surface area contributed by atoms with Gasteiger partial charge in [0.25, 0.3) is 0 Å². The van der Waals surface area contributed by atoms with Crippen molar-refractivity contribution < 1.29 is 8.78 Å². The molecule has 2 unspecified atom stereocenters. The second-order valence-electron chi connectivity index (χ2n) is 5.42. The summed E-state index contributed by atoms with van der Waals surface area (Å²) in [7, 11) is 0. The van der Waals surface area contributed by atoms with E-state index in [1.165, 1.54) is 25.0 Å². The Morgan fingerprint density at radius 3 is 2.79 bits per heavy atom. The summed E-state index contributed by atoms with van der Waals surface area (Å²) in [6.07, 6.45) is 4.74. The molecule has 19 heavy (non-hydrogen) atoms. The van der Waals surface area contributed by atoms with Crippen LogP contribution in [0, 0.1) is 34.8 Å². The number of nitriles is 1. The number of hydrogen-bond acceptors (Lipinski definition) is 2. The molecule has 1 aromatic carbocycles. The van der Waals surface area contributed by atoms with Crippen LogP contribution in [0.25, 0.3) is 0 Å². The molecular formula is C15H18F2N2. The van der Waals surface area contributed by atoms with E-state index in [-0.39, 0.29) is 11.3 Å². The van der Waals surface area contributed by atoms with Gasteiger partial charge < -0.3 is 5.32 Å². The molecule has 0 bridgehead atoms. The Balaban J connectivity index is 2.00. The van der Waals surface area contributed by atoms with Crippen LogP contribution in [0.5, 0.6) is 0 Å². The van der Waals surface area contributed by atoms with Crippen LogP contribution < -0.4 is 5.32 Å². The van der Waals surface area contributed by atoms with Gasteiger partial charge in [-0.05, 0) is 36.8 Å². The fourth-order valence-electron chi connectivity index (χ4n) is 2.77. The van der Waals surface area contributed by atoms with Crippen LogP contribution in [-0.2, 0) is 0 Å². The van der Waals surface area contributed by atoms with Crippen molar-refractivity contribution in [2.75, 3.05) is 11.9 Å². The Bertz CT molecular complexity index is 494. The molecule has 1 aliphatic rings. The molecule has 1 N–H and O–H groups in total. The van der Waals surface area contributed by atoms with Crippen molar-refractivity contribution in [3.8, 4) is 6.07 Å². The first-order valence-corrected chi connectivity index (χ1v) is 6.73. The maximum absolute atomic E-state index is 13.7. The smallest absolute Gasteiger partial charge is 0.183 e. The number of rotatable bonds is 3. The number of benzene rings is 1. The van der Waals surface area contributed by atoms with Crippen LogP contribution in [0.4, 0.5) is 14.5 Å². The summed E-state index contributed by atoms with van der Waals surface area (Å²) in [4.78, 5) is 0. The largest absolute Gasteiger partial charge is 0.382 e. The molecular weight excluding hydrogens is 246 g/mol. The van der Waals surface area contributed by atoms with E-state index in [2.05, 4.69) is 12.2 Å². The highest BCUT2D eigenvalue weighted by molar-refractivity contribution is 5.49. The third-order valence-corrected chi connectivity index (χ3v) is 3.83. The van der Waals surface area contributed by atoms with Gasteiger partial charge in [0.1, 0.15) is 6.07 Å². The topological polar surface area (TPSA) is 35.8 Å². The first kappa shape index (κ1) is 13.8. The Labute approximate surface area is 112 Å². The third kappa shape index (κ3) is 3.23. The fraction of sp³-hybridized carbons (Fsp3) is 0.533. The highest BCUT2D eigenvalue weighted by Crippen LogP contribution is 2.29. The Morgan fingerprint density at radius 2 is 2.11 bits per heavy atom. The van der Waals surface area contributed by atoms with Crippen molar-refractivity contribution in [2.45, 2.75) is 32.6 Å². The zero-order chi connectivity index (χ0) is 13.8. The lowest BCUT2D eigenvalue weighted by Crippen LogP contribution is -2.21. The second-order valence-corrected chi connectivity index (χ2v) is 5.42. The Kier molecular flexibility index (Phi) is 4.36. The van der Waals surface area contributed by atoms with Gasteiger partial charge >= 0.3 is 0 Å². The lowest BCUT2D eigenvalue weighted by molar-refractivity contribution is 0.293. The van der Waals surface area contributed by atoms with Gasteiger partial charge in [-0.1, -0.05) is 19.8 Å². The summed E-state index contributed by atoms with van der Waals surface area (Å²) in [5.41, 5.74) is -0.107. The molecule has 1 fully saturated rings. The monoisotopic (exact) mass is 264 g/mol. The molecule has 2 atom stereocenters. The van der Waals surface area contributed by atoms with Gasteiger partial charge in [0, 0.05) is 6.54 Å². The van der Waals surface area contributed by atoms with Crippen LogP contribution in [-0.4, -0.2) is 6.54 Å². The van der Waals surface area contributed by atoms with E-state index < -0.39 is 11.6 Å². The van der Waals surface area contributed by atoms with Gasteiger partial charge in [-0.25, -0.2) is 8.78 Å². The summed E-state index contributed by atoms with van der Waals surface area (Å²) in [6, 6.07) is 4.38. The highest BCUT2D eigenvalue weighted by atomic mass is 19.2. The summed E-state index contributed by atoms with van der Waals surface area (Å²) in [6.45, 7) is 2.89. The molecule has 0 radical (unpaired) electrons. The van der Waals surface area contributed by atoms with Crippen molar-refractivity contribution in [3.63, 3.8) is 0 Å². The van der Waals surface area contributed by atoms with Crippen LogP contribution in [0.3, 0.4) is 0 Å². The molecule has 4 heteroatoms. The minimum absolute atomic E-state index is 0.148. The van der Waals surface area contributed by atoms with Crippen molar-refractivity contribution in [2.24, 2.45) is 11.8 Å². The number of anilines is 1. The number of halogens is 2. The average Bonchev–Trinajstić information content (AvgIpc) is 2.41. The minimum atomic E-state index is -1.07. The minimum Gasteiger partial charge on any atom is -0.382 e. The molecule has 102 valence electrons. The first-order valence-electron chi connectivity index (χ1n) is 6.73. The number of nitrogens with zero attached hydrogens (tertiary/aromatic N) is 1. The van der Waals surface area contributed by atoms with Crippen LogP contribution >= 0.6 is 0 Å². The lowest BCUT2D eigenvalue weighted by Gasteiger charge is -2.27. The molecule has 0 spiro atoms. The molecule has 0 saturated heterocycles. The second kappa shape index (κ2) is 6.01. The molecule has 0 aliphatic heterocycles.